The summed E-state index contributed by atoms with van der Waals surface area (Å²) in [5.41, 5.74) is 4.05. The number of hydrogen-bond acceptors (Lipinski definition) is 7. The van der Waals surface area contributed by atoms with Gasteiger partial charge >= 0.3 is 5.97 Å². The molecule has 170 valence electrons. The molecule has 3 aromatic rings. The maximum absolute atomic E-state index is 13.2. The van der Waals surface area contributed by atoms with E-state index in [1.54, 1.807) is 17.1 Å². The van der Waals surface area contributed by atoms with Crippen LogP contribution in [0.1, 0.15) is 33.2 Å². The molecule has 1 N–H and O–H groups in total. The zero-order valence-electron chi connectivity index (χ0n) is 18.7. The minimum atomic E-state index is -0.544. The van der Waals surface area contributed by atoms with Crippen LogP contribution in [0.4, 0.5) is 0 Å². The number of aryl methyl sites for hydroxylation is 1. The number of carbonyl (C=O) groups excluding carboxylic acids is 2. The van der Waals surface area contributed by atoms with Gasteiger partial charge in [-0.25, -0.2) is 9.80 Å². The van der Waals surface area contributed by atoms with Gasteiger partial charge < -0.3 is 4.74 Å². The summed E-state index contributed by atoms with van der Waals surface area (Å²) in [6, 6.07) is 22.8. The summed E-state index contributed by atoms with van der Waals surface area (Å²) in [6.45, 7) is 2.05. The smallest absolute Gasteiger partial charge is 0.337 e. The zero-order valence-corrected chi connectivity index (χ0v) is 19.5. The van der Waals surface area contributed by atoms with Crippen molar-refractivity contribution in [3.63, 3.8) is 0 Å². The fourth-order valence-corrected chi connectivity index (χ4v) is 4.66. The first kappa shape index (κ1) is 21.9. The summed E-state index contributed by atoms with van der Waals surface area (Å²) in [6.07, 6.45) is -0.544. The number of ether oxygens (including phenoxy) is 1. The molecule has 7 nitrogen and oxygen atoms in total. The van der Waals surface area contributed by atoms with Crippen LogP contribution >= 0.6 is 11.8 Å². The molecule has 2 aliphatic rings. The van der Waals surface area contributed by atoms with Gasteiger partial charge in [0, 0.05) is 11.0 Å². The molecule has 0 radical (unpaired) electrons. The number of carbonyl (C=O) groups is 2. The normalized spacial score (nSPS) is 16.6. The molecule has 1 amide bonds. The number of rotatable bonds is 4. The van der Waals surface area contributed by atoms with Gasteiger partial charge in [-0.1, -0.05) is 71.9 Å². The fraction of sp³-hybridized carbons (Fsp3) is 0.154. The maximum Gasteiger partial charge on any atom is 0.337 e. The van der Waals surface area contributed by atoms with Gasteiger partial charge in [0.2, 0.25) is 0 Å². The van der Waals surface area contributed by atoms with Crippen molar-refractivity contribution in [3.05, 3.63) is 106 Å². The van der Waals surface area contributed by atoms with Crippen LogP contribution in [0, 0.1) is 6.92 Å². The third kappa shape index (κ3) is 4.20. The molecule has 3 aromatic carbocycles. The molecule has 2 heterocycles. The number of esters is 1. The summed E-state index contributed by atoms with van der Waals surface area (Å²) in [4.78, 5) is 30.0. The van der Waals surface area contributed by atoms with E-state index in [-0.39, 0.29) is 5.91 Å². The predicted octanol–water partition coefficient (Wildman–Crippen LogP) is 2.86. The minimum Gasteiger partial charge on any atom is -0.465 e. The van der Waals surface area contributed by atoms with E-state index in [0.29, 0.717) is 22.2 Å². The number of hydrazone groups is 1. The second-order valence-corrected chi connectivity index (χ2v) is 8.92. The first-order valence-electron chi connectivity index (χ1n) is 10.8. The number of fused-ring (bicyclic) bond motifs is 2. The first-order chi connectivity index (χ1) is 16.5. The van der Waals surface area contributed by atoms with Gasteiger partial charge in [0.05, 0.1) is 18.0 Å². The molecule has 0 bridgehead atoms. The summed E-state index contributed by atoms with van der Waals surface area (Å²) in [5, 5.41) is 11.3. The van der Waals surface area contributed by atoms with E-state index in [2.05, 4.69) is 36.5 Å². The Labute approximate surface area is 200 Å². The number of thioether (sulfide) groups is 1. The van der Waals surface area contributed by atoms with Crippen LogP contribution in [0.5, 0.6) is 0 Å². The third-order valence-corrected chi connectivity index (χ3v) is 6.58. The maximum atomic E-state index is 13.2. The monoisotopic (exact) mass is 470 g/mol. The molecule has 0 saturated heterocycles. The molecule has 0 spiro atoms. The lowest BCUT2D eigenvalue weighted by Gasteiger charge is -2.34. The van der Waals surface area contributed by atoms with Crippen LogP contribution in [0.15, 0.2) is 82.9 Å². The average Bonchev–Trinajstić information content (AvgIpc) is 2.87. The van der Waals surface area contributed by atoms with E-state index in [9.17, 15) is 9.59 Å². The highest BCUT2D eigenvalue weighted by atomic mass is 32.2. The van der Waals surface area contributed by atoms with Crippen LogP contribution in [-0.2, 0) is 15.3 Å². The average molecular weight is 471 g/mol. The van der Waals surface area contributed by atoms with Crippen molar-refractivity contribution < 1.29 is 14.3 Å². The Morgan fingerprint density at radius 2 is 1.79 bits per heavy atom. The number of nitrogens with one attached hydrogen (secondary N) is 1. The summed E-state index contributed by atoms with van der Waals surface area (Å²) >= 11 is 1.46. The van der Waals surface area contributed by atoms with Crippen molar-refractivity contribution in [2.45, 2.75) is 18.8 Å². The van der Waals surface area contributed by atoms with Crippen LogP contribution in [0.3, 0.4) is 0 Å². The Balaban J connectivity index is 1.52. The molecule has 0 aromatic heterocycles. The highest BCUT2D eigenvalue weighted by Gasteiger charge is 2.34. The molecular formula is C26H22N4O3S. The van der Waals surface area contributed by atoms with Crippen molar-refractivity contribution in [2.24, 2.45) is 10.1 Å². The topological polar surface area (TPSA) is 83.4 Å². The van der Waals surface area contributed by atoms with Crippen molar-refractivity contribution in [2.75, 3.05) is 7.11 Å². The van der Waals surface area contributed by atoms with Gasteiger partial charge in [0.1, 0.15) is 5.70 Å². The number of para-hydroxylation sites is 1. The second kappa shape index (κ2) is 9.15. The molecule has 0 fully saturated rings. The third-order valence-electron chi connectivity index (χ3n) is 5.64. The first-order valence-corrected chi connectivity index (χ1v) is 11.7. The lowest BCUT2D eigenvalue weighted by Crippen LogP contribution is -2.50. The van der Waals surface area contributed by atoms with E-state index in [0.717, 1.165) is 21.7 Å². The molecule has 1 unspecified atom stereocenters. The van der Waals surface area contributed by atoms with Crippen molar-refractivity contribution >= 4 is 34.5 Å². The largest absolute Gasteiger partial charge is 0.465 e. The van der Waals surface area contributed by atoms with Crippen LogP contribution in [-0.4, -0.2) is 29.2 Å². The van der Waals surface area contributed by atoms with Gasteiger partial charge in [-0.3, -0.25) is 15.1 Å². The predicted molar refractivity (Wildman–Crippen MR) is 131 cm³/mol. The highest BCUT2D eigenvalue weighted by molar-refractivity contribution is 8.13. The molecule has 2 aliphatic heterocycles. The number of amidine groups is 1. The van der Waals surface area contributed by atoms with E-state index >= 15 is 0 Å². The van der Waals surface area contributed by atoms with Gasteiger partial charge in [-0.05, 0) is 36.2 Å². The molecular weight excluding hydrogens is 448 g/mol. The standard InChI is InChI=1S/C26H22N4O3S/c1-16-7-9-17(10-8-16)15-34-26-28-24(31)22-20-5-3-4-6-21(20)27-23(30(22)29-26)18-11-13-19(14-12-18)25(32)33-2/h3-14,23H,15H2,1-2H3,(H,28,29,31). The van der Waals surface area contributed by atoms with Crippen LogP contribution < -0.4 is 15.9 Å². The molecule has 0 saturated carbocycles. The number of benzene rings is 3. The molecule has 0 aliphatic carbocycles. The van der Waals surface area contributed by atoms with Gasteiger partial charge in [-0.15, -0.1) is 5.10 Å². The van der Waals surface area contributed by atoms with E-state index in [1.807, 2.05) is 36.4 Å². The number of amides is 1. The lowest BCUT2D eigenvalue weighted by atomic mass is 10.1. The summed E-state index contributed by atoms with van der Waals surface area (Å²) in [7, 11) is 1.35. The van der Waals surface area contributed by atoms with Crippen molar-refractivity contribution in [1.29, 1.82) is 0 Å². The molecule has 8 heteroatoms. The Morgan fingerprint density at radius 1 is 1.06 bits per heavy atom. The number of methoxy groups -OCH3 is 1. The van der Waals surface area contributed by atoms with E-state index < -0.39 is 12.1 Å². The van der Waals surface area contributed by atoms with Crippen molar-refractivity contribution in [3.8, 4) is 0 Å². The SMILES string of the molecule is COC(=O)c1ccc(C2N=c3ccccc3=C3C(=O)NC(SCc4ccc(C)cc4)=NN32)cc1. The highest BCUT2D eigenvalue weighted by Crippen LogP contribution is 2.31. The Hall–Kier alpha value is -3.91. The van der Waals surface area contributed by atoms with Crippen LogP contribution in [0.2, 0.25) is 0 Å². The summed E-state index contributed by atoms with van der Waals surface area (Å²) < 4.78 is 4.80. The quantitative estimate of drug-likeness (QED) is 0.593. The molecule has 5 rings (SSSR count). The van der Waals surface area contributed by atoms with Crippen molar-refractivity contribution in [1.82, 2.24) is 10.3 Å². The molecule has 34 heavy (non-hydrogen) atoms. The van der Waals surface area contributed by atoms with Gasteiger partial charge in [0.15, 0.2) is 11.3 Å². The van der Waals surface area contributed by atoms with Gasteiger partial charge in [-0.2, -0.15) is 0 Å². The minimum absolute atomic E-state index is 0.222. The number of hydrogen-bond donors (Lipinski definition) is 1. The Kier molecular flexibility index (Phi) is 5.90. The number of nitrogens with zero attached hydrogens (tertiary/aromatic N) is 3. The van der Waals surface area contributed by atoms with Gasteiger partial charge in [0.25, 0.3) is 5.91 Å². The Morgan fingerprint density at radius 3 is 2.53 bits per heavy atom. The zero-order chi connectivity index (χ0) is 23.7. The molecule has 1 atom stereocenters. The lowest BCUT2D eigenvalue weighted by molar-refractivity contribution is -0.116. The Bertz CT molecular complexity index is 1420. The second-order valence-electron chi connectivity index (χ2n) is 7.96. The van der Waals surface area contributed by atoms with E-state index in [4.69, 9.17) is 14.8 Å². The van der Waals surface area contributed by atoms with E-state index in [1.165, 1.54) is 24.4 Å². The fourth-order valence-electron chi connectivity index (χ4n) is 3.85. The summed E-state index contributed by atoms with van der Waals surface area (Å²) in [5.74, 6) is 0.0456. The van der Waals surface area contributed by atoms with Crippen LogP contribution in [0.25, 0.3) is 5.70 Å².